The second-order valence-corrected chi connectivity index (χ2v) is 4.71. The number of carbonyl (C=O) groups is 1. The molecule has 1 aromatic rings. The van der Waals surface area contributed by atoms with Crippen molar-refractivity contribution in [3.8, 4) is 0 Å². The van der Waals surface area contributed by atoms with Gasteiger partial charge in [0.15, 0.2) is 0 Å². The van der Waals surface area contributed by atoms with Crippen LogP contribution in [-0.2, 0) is 0 Å². The zero-order chi connectivity index (χ0) is 12.4. The number of benzene rings is 1. The molecule has 2 N–H and O–H groups in total. The van der Waals surface area contributed by atoms with E-state index in [1.807, 2.05) is 11.8 Å². The number of hydrogen-bond acceptors (Lipinski definition) is 2. The fraction of sp³-hybridized carbons (Fsp3) is 0.308. The molecular formula is C13H15ClN2O. The van der Waals surface area contributed by atoms with Crippen molar-refractivity contribution in [1.82, 2.24) is 4.90 Å². The lowest BCUT2D eigenvalue weighted by Crippen LogP contribution is -2.35. The van der Waals surface area contributed by atoms with E-state index in [1.165, 1.54) is 5.57 Å². The van der Waals surface area contributed by atoms with Gasteiger partial charge in [0, 0.05) is 18.7 Å². The van der Waals surface area contributed by atoms with E-state index in [9.17, 15) is 4.79 Å². The topological polar surface area (TPSA) is 46.3 Å². The molecule has 0 atom stereocenters. The van der Waals surface area contributed by atoms with Crippen LogP contribution in [0.3, 0.4) is 0 Å². The normalized spacial score (nSPS) is 15.6. The number of hydrogen-bond donors (Lipinski definition) is 1. The van der Waals surface area contributed by atoms with Gasteiger partial charge < -0.3 is 10.6 Å². The van der Waals surface area contributed by atoms with Crippen LogP contribution in [0.2, 0.25) is 5.02 Å². The highest BCUT2D eigenvalue weighted by Crippen LogP contribution is 2.21. The van der Waals surface area contributed by atoms with Crippen molar-refractivity contribution in [2.75, 3.05) is 18.8 Å². The molecule has 0 unspecified atom stereocenters. The molecule has 0 radical (unpaired) electrons. The van der Waals surface area contributed by atoms with Gasteiger partial charge in [-0.2, -0.15) is 0 Å². The van der Waals surface area contributed by atoms with Crippen LogP contribution in [0.25, 0.3) is 0 Å². The van der Waals surface area contributed by atoms with E-state index in [-0.39, 0.29) is 5.91 Å². The maximum atomic E-state index is 12.2. The number of rotatable bonds is 1. The Bertz CT molecular complexity index is 482. The number of amides is 1. The molecule has 1 amide bonds. The molecule has 4 heteroatoms. The largest absolute Gasteiger partial charge is 0.398 e. The Morgan fingerprint density at radius 1 is 1.47 bits per heavy atom. The van der Waals surface area contributed by atoms with Crippen LogP contribution in [-0.4, -0.2) is 23.9 Å². The Balaban J connectivity index is 2.19. The fourth-order valence-corrected chi connectivity index (χ4v) is 2.06. The molecule has 0 fully saturated rings. The van der Waals surface area contributed by atoms with Crippen molar-refractivity contribution < 1.29 is 4.79 Å². The van der Waals surface area contributed by atoms with Crippen LogP contribution in [0.4, 0.5) is 5.69 Å². The van der Waals surface area contributed by atoms with Gasteiger partial charge in [0.05, 0.1) is 10.7 Å². The second kappa shape index (κ2) is 4.80. The quantitative estimate of drug-likeness (QED) is 0.615. The molecule has 0 spiro atoms. The van der Waals surface area contributed by atoms with Gasteiger partial charge >= 0.3 is 0 Å². The first kappa shape index (κ1) is 12.0. The highest BCUT2D eigenvalue weighted by molar-refractivity contribution is 6.33. The second-order valence-electron chi connectivity index (χ2n) is 4.30. The lowest BCUT2D eigenvalue weighted by Gasteiger charge is -2.26. The van der Waals surface area contributed by atoms with Gasteiger partial charge in [-0.3, -0.25) is 4.79 Å². The van der Waals surface area contributed by atoms with Gasteiger partial charge in [-0.05, 0) is 31.5 Å². The number of nitrogen functional groups attached to an aromatic ring is 1. The van der Waals surface area contributed by atoms with E-state index in [0.29, 0.717) is 22.8 Å². The van der Waals surface area contributed by atoms with Gasteiger partial charge in [-0.15, -0.1) is 0 Å². The minimum absolute atomic E-state index is 0.0146. The highest BCUT2D eigenvalue weighted by atomic mass is 35.5. The molecular weight excluding hydrogens is 236 g/mol. The lowest BCUT2D eigenvalue weighted by molar-refractivity contribution is 0.0766. The van der Waals surface area contributed by atoms with Crippen molar-refractivity contribution in [2.45, 2.75) is 13.3 Å². The molecule has 0 bridgehead atoms. The van der Waals surface area contributed by atoms with Gasteiger partial charge in [0.1, 0.15) is 0 Å². The Morgan fingerprint density at radius 2 is 2.24 bits per heavy atom. The summed E-state index contributed by atoms with van der Waals surface area (Å²) in [6.45, 7) is 3.50. The molecule has 0 saturated carbocycles. The summed E-state index contributed by atoms with van der Waals surface area (Å²) >= 11 is 5.84. The highest BCUT2D eigenvalue weighted by Gasteiger charge is 2.18. The molecule has 1 aliphatic heterocycles. The number of halogens is 1. The first-order chi connectivity index (χ1) is 8.08. The average Bonchev–Trinajstić information content (AvgIpc) is 2.32. The first-order valence-corrected chi connectivity index (χ1v) is 5.95. The summed E-state index contributed by atoms with van der Waals surface area (Å²) < 4.78 is 0. The van der Waals surface area contributed by atoms with Gasteiger partial charge in [-0.1, -0.05) is 23.3 Å². The van der Waals surface area contributed by atoms with Crippen LogP contribution >= 0.6 is 11.6 Å². The Labute approximate surface area is 106 Å². The molecule has 2 rings (SSSR count). The summed E-state index contributed by atoms with van der Waals surface area (Å²) in [5.74, 6) is 0.0146. The van der Waals surface area contributed by atoms with Gasteiger partial charge in [0.2, 0.25) is 0 Å². The molecule has 90 valence electrons. The lowest BCUT2D eigenvalue weighted by atomic mass is 10.1. The summed E-state index contributed by atoms with van der Waals surface area (Å²) in [6, 6.07) is 5.02. The molecule has 0 aliphatic carbocycles. The third-order valence-corrected chi connectivity index (χ3v) is 3.21. The van der Waals surface area contributed by atoms with E-state index < -0.39 is 0 Å². The zero-order valence-electron chi connectivity index (χ0n) is 9.74. The van der Waals surface area contributed by atoms with E-state index in [0.717, 1.165) is 13.0 Å². The predicted molar refractivity (Wildman–Crippen MR) is 70.1 cm³/mol. The van der Waals surface area contributed by atoms with Crippen LogP contribution in [0, 0.1) is 0 Å². The summed E-state index contributed by atoms with van der Waals surface area (Å²) in [6.07, 6.45) is 3.08. The molecule has 1 heterocycles. The Morgan fingerprint density at radius 3 is 2.88 bits per heavy atom. The van der Waals surface area contributed by atoms with Crippen LogP contribution < -0.4 is 5.73 Å². The average molecular weight is 251 g/mol. The maximum absolute atomic E-state index is 12.2. The fourth-order valence-electron chi connectivity index (χ4n) is 1.94. The van der Waals surface area contributed by atoms with E-state index in [2.05, 4.69) is 6.08 Å². The summed E-state index contributed by atoms with van der Waals surface area (Å²) in [7, 11) is 0. The Kier molecular flexibility index (Phi) is 3.38. The number of nitrogens with two attached hydrogens (primary N) is 1. The van der Waals surface area contributed by atoms with Crippen molar-refractivity contribution in [3.63, 3.8) is 0 Å². The molecule has 1 aromatic carbocycles. The standard InChI is InChI=1S/C13H15ClN2O/c1-9-3-2-6-16(8-9)13(17)10-4-5-11(14)12(15)7-10/h3-5,7H,2,6,8,15H2,1H3. The summed E-state index contributed by atoms with van der Waals surface area (Å²) in [4.78, 5) is 14.0. The predicted octanol–water partition coefficient (Wildman–Crippen LogP) is 2.71. The maximum Gasteiger partial charge on any atom is 0.254 e. The number of carbonyl (C=O) groups excluding carboxylic acids is 1. The number of nitrogens with zero attached hydrogens (tertiary/aromatic N) is 1. The first-order valence-electron chi connectivity index (χ1n) is 5.58. The van der Waals surface area contributed by atoms with Crippen molar-refractivity contribution in [3.05, 3.63) is 40.4 Å². The molecule has 3 nitrogen and oxygen atoms in total. The monoisotopic (exact) mass is 250 g/mol. The van der Waals surface area contributed by atoms with Crippen LogP contribution in [0.1, 0.15) is 23.7 Å². The third kappa shape index (κ3) is 2.61. The summed E-state index contributed by atoms with van der Waals surface area (Å²) in [5, 5.41) is 0.483. The zero-order valence-corrected chi connectivity index (χ0v) is 10.5. The third-order valence-electron chi connectivity index (χ3n) is 2.86. The Hall–Kier alpha value is -1.48. The molecule has 17 heavy (non-hydrogen) atoms. The van der Waals surface area contributed by atoms with Crippen LogP contribution in [0.5, 0.6) is 0 Å². The molecule has 0 aromatic heterocycles. The SMILES string of the molecule is CC1=CCCN(C(=O)c2ccc(Cl)c(N)c2)C1. The van der Waals surface area contributed by atoms with E-state index >= 15 is 0 Å². The van der Waals surface area contributed by atoms with Gasteiger partial charge in [-0.25, -0.2) is 0 Å². The van der Waals surface area contributed by atoms with Gasteiger partial charge in [0.25, 0.3) is 5.91 Å². The molecule has 0 saturated heterocycles. The van der Waals surface area contributed by atoms with Crippen molar-refractivity contribution in [2.24, 2.45) is 0 Å². The molecule has 1 aliphatic rings. The van der Waals surface area contributed by atoms with E-state index in [1.54, 1.807) is 18.2 Å². The smallest absolute Gasteiger partial charge is 0.254 e. The summed E-state index contributed by atoms with van der Waals surface area (Å²) in [5.41, 5.74) is 7.97. The minimum atomic E-state index is 0.0146. The van der Waals surface area contributed by atoms with E-state index in [4.69, 9.17) is 17.3 Å². The number of anilines is 1. The van der Waals surface area contributed by atoms with Crippen molar-refractivity contribution in [1.29, 1.82) is 0 Å². The van der Waals surface area contributed by atoms with Crippen LogP contribution in [0.15, 0.2) is 29.8 Å². The minimum Gasteiger partial charge on any atom is -0.398 e. The van der Waals surface area contributed by atoms with Crippen molar-refractivity contribution >= 4 is 23.2 Å².